The topological polar surface area (TPSA) is 87.7 Å². The molecule has 0 heterocycles. The number of halogens is 3. The molecule has 0 aromatic heterocycles. The highest BCUT2D eigenvalue weighted by Gasteiger charge is 2.31. The number of methoxy groups -OCH3 is 1. The monoisotopic (exact) mass is 472 g/mol. The Hall–Kier alpha value is -3.85. The molecule has 3 aromatic carbocycles. The Kier molecular flexibility index (Phi) is 7.91. The van der Waals surface area contributed by atoms with Crippen molar-refractivity contribution in [2.75, 3.05) is 13.7 Å². The molecule has 0 aliphatic heterocycles. The number of hydrogen-bond donors (Lipinski definition) is 3. The third kappa shape index (κ3) is 6.35. The summed E-state index contributed by atoms with van der Waals surface area (Å²) in [5.41, 5.74) is 0.922. The van der Waals surface area contributed by atoms with Gasteiger partial charge in [0.1, 0.15) is 5.75 Å². The number of benzene rings is 3. The molecule has 0 saturated heterocycles. The average Bonchev–Trinajstić information content (AvgIpc) is 2.85. The van der Waals surface area contributed by atoms with Crippen LogP contribution in [0.25, 0.3) is 11.1 Å². The van der Waals surface area contributed by atoms with Crippen LogP contribution < -0.4 is 15.4 Å². The molecule has 0 fully saturated rings. The van der Waals surface area contributed by atoms with Gasteiger partial charge in [-0.25, -0.2) is 0 Å². The van der Waals surface area contributed by atoms with E-state index in [-0.39, 0.29) is 30.8 Å². The number of carbonyl (C=O) groups excluding carboxylic acids is 2. The summed E-state index contributed by atoms with van der Waals surface area (Å²) >= 11 is 0. The van der Waals surface area contributed by atoms with Crippen LogP contribution in [0.1, 0.15) is 27.0 Å². The summed E-state index contributed by atoms with van der Waals surface area (Å²) in [6.07, 6.45) is -4.59. The number of amides is 2. The minimum atomic E-state index is -4.59. The lowest BCUT2D eigenvalue weighted by molar-refractivity contribution is -0.137. The van der Waals surface area contributed by atoms with Crippen LogP contribution in [0, 0.1) is 0 Å². The van der Waals surface area contributed by atoms with Gasteiger partial charge in [-0.1, -0.05) is 24.3 Å². The van der Waals surface area contributed by atoms with E-state index in [1.54, 1.807) is 48.5 Å². The van der Waals surface area contributed by atoms with E-state index in [9.17, 15) is 27.9 Å². The van der Waals surface area contributed by atoms with Gasteiger partial charge in [0.05, 0.1) is 25.8 Å². The first kappa shape index (κ1) is 24.8. The zero-order valence-corrected chi connectivity index (χ0v) is 18.3. The maximum atomic E-state index is 13.5. The SMILES string of the molecule is COc1ccc(C(=O)NCC(=O)NCc2cc(-c3ccccc3CO)cc(C(F)(F)F)c2)cc1. The molecular weight excluding hydrogens is 449 g/mol. The normalized spacial score (nSPS) is 11.1. The molecule has 0 aliphatic rings. The molecule has 0 atom stereocenters. The number of alkyl halides is 3. The number of ether oxygens (including phenoxy) is 1. The Morgan fingerprint density at radius 2 is 1.68 bits per heavy atom. The molecular formula is C25H23F3N2O4. The maximum Gasteiger partial charge on any atom is 0.416 e. The summed E-state index contributed by atoms with van der Waals surface area (Å²) in [6, 6.07) is 16.4. The first-order chi connectivity index (χ1) is 16.2. The summed E-state index contributed by atoms with van der Waals surface area (Å²) in [4.78, 5) is 24.4. The fraction of sp³-hybridized carbons (Fsp3) is 0.200. The van der Waals surface area contributed by atoms with Gasteiger partial charge in [0, 0.05) is 12.1 Å². The fourth-order valence-corrected chi connectivity index (χ4v) is 3.32. The lowest BCUT2D eigenvalue weighted by Crippen LogP contribution is -2.36. The quantitative estimate of drug-likeness (QED) is 0.464. The number of carbonyl (C=O) groups is 2. The van der Waals surface area contributed by atoms with E-state index in [0.717, 1.165) is 12.1 Å². The zero-order valence-electron chi connectivity index (χ0n) is 18.3. The number of rotatable bonds is 8. The van der Waals surface area contributed by atoms with E-state index in [0.29, 0.717) is 22.4 Å². The van der Waals surface area contributed by atoms with Crippen molar-refractivity contribution in [1.29, 1.82) is 0 Å². The lowest BCUT2D eigenvalue weighted by Gasteiger charge is -2.15. The fourth-order valence-electron chi connectivity index (χ4n) is 3.32. The molecule has 0 unspecified atom stereocenters. The highest BCUT2D eigenvalue weighted by atomic mass is 19.4. The summed E-state index contributed by atoms with van der Waals surface area (Å²) in [5.74, 6) is -0.451. The van der Waals surface area contributed by atoms with Crippen molar-refractivity contribution in [2.45, 2.75) is 19.3 Å². The molecule has 0 radical (unpaired) electrons. The predicted octanol–water partition coefficient (Wildman–Crippen LogP) is 3.92. The molecule has 0 bridgehead atoms. The van der Waals surface area contributed by atoms with Gasteiger partial charge in [0.2, 0.25) is 5.91 Å². The van der Waals surface area contributed by atoms with Crippen LogP contribution >= 0.6 is 0 Å². The van der Waals surface area contributed by atoms with Gasteiger partial charge < -0.3 is 20.5 Å². The van der Waals surface area contributed by atoms with Crippen LogP contribution in [-0.2, 0) is 24.1 Å². The third-order valence-electron chi connectivity index (χ3n) is 5.07. The number of nitrogens with one attached hydrogen (secondary N) is 2. The van der Waals surface area contributed by atoms with Crippen LogP contribution in [0.5, 0.6) is 5.75 Å². The first-order valence-corrected chi connectivity index (χ1v) is 10.3. The molecule has 0 spiro atoms. The molecule has 0 aliphatic carbocycles. The van der Waals surface area contributed by atoms with E-state index < -0.39 is 23.6 Å². The van der Waals surface area contributed by atoms with Crippen LogP contribution in [-0.4, -0.2) is 30.6 Å². The summed E-state index contributed by atoms with van der Waals surface area (Å²) in [6.45, 7) is -0.841. The average molecular weight is 472 g/mol. The van der Waals surface area contributed by atoms with Gasteiger partial charge in [-0.2, -0.15) is 13.2 Å². The Morgan fingerprint density at radius 1 is 0.971 bits per heavy atom. The van der Waals surface area contributed by atoms with Crippen molar-refractivity contribution >= 4 is 11.8 Å². The number of hydrogen-bond acceptors (Lipinski definition) is 4. The van der Waals surface area contributed by atoms with Gasteiger partial charge in [-0.3, -0.25) is 9.59 Å². The van der Waals surface area contributed by atoms with Crippen molar-refractivity contribution in [3.63, 3.8) is 0 Å². The standard InChI is InChI=1S/C25H23F3N2O4/c1-34-21-8-6-17(7-9-21)24(33)30-14-23(32)29-13-16-10-19(12-20(11-16)25(26,27)28)22-5-3-2-4-18(22)15-31/h2-12,31H,13-15H2,1H3,(H,29,32)(H,30,33). The largest absolute Gasteiger partial charge is 0.497 e. The Bertz CT molecular complexity index is 1160. The minimum absolute atomic E-state index is 0.171. The van der Waals surface area contributed by atoms with E-state index >= 15 is 0 Å². The Balaban J connectivity index is 1.69. The molecule has 3 aromatic rings. The molecule has 9 heteroatoms. The van der Waals surface area contributed by atoms with Gasteiger partial charge in [-0.15, -0.1) is 0 Å². The second kappa shape index (κ2) is 10.8. The second-order valence-corrected chi connectivity index (χ2v) is 7.42. The minimum Gasteiger partial charge on any atom is -0.497 e. The number of aliphatic hydroxyl groups is 1. The third-order valence-corrected chi connectivity index (χ3v) is 5.07. The first-order valence-electron chi connectivity index (χ1n) is 10.3. The van der Waals surface area contributed by atoms with Crippen molar-refractivity contribution in [3.05, 3.63) is 89.0 Å². The number of aliphatic hydroxyl groups excluding tert-OH is 1. The van der Waals surface area contributed by atoms with Crippen molar-refractivity contribution < 1.29 is 32.6 Å². The van der Waals surface area contributed by atoms with Gasteiger partial charge >= 0.3 is 6.18 Å². The van der Waals surface area contributed by atoms with Crippen LogP contribution in [0.4, 0.5) is 13.2 Å². The molecule has 2 amide bonds. The van der Waals surface area contributed by atoms with E-state index in [4.69, 9.17) is 4.74 Å². The summed E-state index contributed by atoms with van der Waals surface area (Å²) in [5, 5.41) is 14.5. The van der Waals surface area contributed by atoms with Gasteiger partial charge in [0.25, 0.3) is 5.91 Å². The van der Waals surface area contributed by atoms with Crippen molar-refractivity contribution in [1.82, 2.24) is 10.6 Å². The van der Waals surface area contributed by atoms with E-state index in [2.05, 4.69) is 10.6 Å². The molecule has 3 N–H and O–H groups in total. The smallest absolute Gasteiger partial charge is 0.416 e. The van der Waals surface area contributed by atoms with Crippen molar-refractivity contribution in [2.24, 2.45) is 0 Å². The molecule has 3 rings (SSSR count). The van der Waals surface area contributed by atoms with Gasteiger partial charge in [0.15, 0.2) is 0 Å². The molecule has 0 saturated carbocycles. The van der Waals surface area contributed by atoms with Crippen molar-refractivity contribution in [3.8, 4) is 16.9 Å². The van der Waals surface area contributed by atoms with Crippen LogP contribution in [0.15, 0.2) is 66.7 Å². The Labute approximate surface area is 194 Å². The highest BCUT2D eigenvalue weighted by molar-refractivity contribution is 5.96. The summed E-state index contributed by atoms with van der Waals surface area (Å²) < 4.78 is 45.4. The van der Waals surface area contributed by atoms with E-state index in [1.807, 2.05) is 0 Å². The summed E-state index contributed by atoms with van der Waals surface area (Å²) in [7, 11) is 1.50. The van der Waals surface area contributed by atoms with Gasteiger partial charge in [-0.05, 0) is 64.7 Å². The predicted molar refractivity (Wildman–Crippen MR) is 120 cm³/mol. The molecule has 178 valence electrons. The molecule has 6 nitrogen and oxygen atoms in total. The lowest BCUT2D eigenvalue weighted by atomic mass is 9.96. The zero-order chi connectivity index (χ0) is 24.7. The van der Waals surface area contributed by atoms with E-state index in [1.165, 1.54) is 13.2 Å². The Morgan fingerprint density at radius 3 is 2.32 bits per heavy atom. The molecule has 34 heavy (non-hydrogen) atoms. The maximum absolute atomic E-state index is 13.5. The highest BCUT2D eigenvalue weighted by Crippen LogP contribution is 2.34. The van der Waals surface area contributed by atoms with Crippen LogP contribution in [0.3, 0.4) is 0 Å². The van der Waals surface area contributed by atoms with Crippen LogP contribution in [0.2, 0.25) is 0 Å². The second-order valence-electron chi connectivity index (χ2n) is 7.42.